The van der Waals surface area contributed by atoms with Crippen molar-refractivity contribution in [2.24, 2.45) is 17.8 Å². The number of ether oxygens (including phenoxy) is 1. The summed E-state index contributed by atoms with van der Waals surface area (Å²) in [7, 11) is 0. The molecule has 4 aliphatic carbocycles. The van der Waals surface area contributed by atoms with E-state index in [0.717, 1.165) is 54.4 Å². The molecule has 4 saturated carbocycles. The standard InChI is InChI=1S/C23H24N2O3/c26-14-18-7-20(13-24-12-18)19-2-1-3-21(8-19)28-22(27)25-23-9-15-4-16(10-23)6-17(5-15)11-23/h1-3,7-8,12-17H,4-6,9-11H2,(H,25,27). The van der Waals surface area contributed by atoms with Crippen molar-refractivity contribution in [2.45, 2.75) is 44.1 Å². The maximum Gasteiger partial charge on any atom is 0.413 e. The van der Waals surface area contributed by atoms with Crippen LogP contribution in [0.5, 0.6) is 5.75 Å². The Labute approximate surface area is 164 Å². The topological polar surface area (TPSA) is 68.3 Å². The number of amides is 1. The van der Waals surface area contributed by atoms with Gasteiger partial charge < -0.3 is 10.1 Å². The third-order valence-electron chi connectivity index (χ3n) is 6.68. The Morgan fingerprint density at radius 1 is 1.04 bits per heavy atom. The van der Waals surface area contributed by atoms with E-state index in [9.17, 15) is 9.59 Å². The lowest BCUT2D eigenvalue weighted by molar-refractivity contribution is -0.0161. The third kappa shape index (κ3) is 3.30. The molecule has 1 amide bonds. The van der Waals surface area contributed by atoms with Gasteiger partial charge in [-0.3, -0.25) is 9.78 Å². The van der Waals surface area contributed by atoms with Crippen molar-refractivity contribution in [3.05, 3.63) is 48.3 Å². The van der Waals surface area contributed by atoms with Crippen LogP contribution in [0.1, 0.15) is 48.9 Å². The van der Waals surface area contributed by atoms with Crippen LogP contribution in [0.25, 0.3) is 11.1 Å². The lowest BCUT2D eigenvalue weighted by atomic mass is 9.53. The molecule has 1 N–H and O–H groups in total. The van der Waals surface area contributed by atoms with Gasteiger partial charge in [0, 0.05) is 29.1 Å². The molecular formula is C23H24N2O3. The lowest BCUT2D eigenvalue weighted by Crippen LogP contribution is -2.60. The number of benzene rings is 1. The van der Waals surface area contributed by atoms with E-state index in [4.69, 9.17) is 4.74 Å². The molecule has 0 atom stereocenters. The monoisotopic (exact) mass is 376 g/mol. The minimum atomic E-state index is -0.362. The van der Waals surface area contributed by atoms with E-state index in [1.165, 1.54) is 25.5 Å². The summed E-state index contributed by atoms with van der Waals surface area (Å²) in [6.45, 7) is 0. The lowest BCUT2D eigenvalue weighted by Gasteiger charge is -2.56. The van der Waals surface area contributed by atoms with Gasteiger partial charge in [0.15, 0.2) is 6.29 Å². The van der Waals surface area contributed by atoms with Crippen molar-refractivity contribution in [2.75, 3.05) is 0 Å². The highest BCUT2D eigenvalue weighted by Crippen LogP contribution is 2.55. The Morgan fingerprint density at radius 2 is 1.75 bits per heavy atom. The van der Waals surface area contributed by atoms with Gasteiger partial charge in [-0.1, -0.05) is 12.1 Å². The van der Waals surface area contributed by atoms with Gasteiger partial charge in [-0.05, 0) is 80.0 Å². The zero-order valence-electron chi connectivity index (χ0n) is 15.8. The molecule has 0 unspecified atom stereocenters. The minimum absolute atomic E-state index is 0.0638. The van der Waals surface area contributed by atoms with Crippen LogP contribution in [0.2, 0.25) is 0 Å². The smallest absolute Gasteiger partial charge is 0.410 e. The van der Waals surface area contributed by atoms with Crippen LogP contribution in [0.3, 0.4) is 0 Å². The van der Waals surface area contributed by atoms with Crippen LogP contribution >= 0.6 is 0 Å². The van der Waals surface area contributed by atoms with Crippen LogP contribution in [-0.2, 0) is 0 Å². The summed E-state index contributed by atoms with van der Waals surface area (Å²) in [6, 6.07) is 9.12. The highest BCUT2D eigenvalue weighted by molar-refractivity contribution is 5.78. The van der Waals surface area contributed by atoms with Crippen LogP contribution < -0.4 is 10.1 Å². The Morgan fingerprint density at radius 3 is 2.43 bits per heavy atom. The summed E-state index contributed by atoms with van der Waals surface area (Å²) in [5.41, 5.74) is 2.13. The largest absolute Gasteiger partial charge is 0.413 e. The SMILES string of the molecule is O=Cc1cncc(-c2cccc(OC(=O)NC34CC5CC(CC(C5)C3)C4)c2)c1. The number of nitrogens with one attached hydrogen (secondary N) is 1. The van der Waals surface area contributed by atoms with Gasteiger partial charge in [0.2, 0.25) is 0 Å². The third-order valence-corrected chi connectivity index (χ3v) is 6.68. The van der Waals surface area contributed by atoms with Crippen molar-refractivity contribution in [3.63, 3.8) is 0 Å². The Hall–Kier alpha value is -2.69. The molecule has 144 valence electrons. The number of hydrogen-bond donors (Lipinski definition) is 1. The second-order valence-corrected chi connectivity index (χ2v) is 8.87. The van der Waals surface area contributed by atoms with Crippen molar-refractivity contribution < 1.29 is 14.3 Å². The van der Waals surface area contributed by atoms with Gasteiger partial charge in [0.1, 0.15) is 5.75 Å². The molecule has 4 fully saturated rings. The van der Waals surface area contributed by atoms with E-state index in [1.807, 2.05) is 18.2 Å². The van der Waals surface area contributed by atoms with Gasteiger partial charge in [-0.25, -0.2) is 4.79 Å². The predicted molar refractivity (Wildman–Crippen MR) is 105 cm³/mol. The first-order valence-corrected chi connectivity index (χ1v) is 10.1. The Bertz CT molecular complexity index is 888. The molecule has 1 heterocycles. The summed E-state index contributed by atoms with van der Waals surface area (Å²) in [4.78, 5) is 27.7. The highest BCUT2D eigenvalue weighted by Gasteiger charge is 2.51. The van der Waals surface area contributed by atoms with Gasteiger partial charge in [0.25, 0.3) is 0 Å². The van der Waals surface area contributed by atoms with Crippen LogP contribution in [0, 0.1) is 17.8 Å². The molecule has 1 aromatic carbocycles. The molecular weight excluding hydrogens is 352 g/mol. The number of carbonyl (C=O) groups excluding carboxylic acids is 2. The summed E-state index contributed by atoms with van der Waals surface area (Å²) >= 11 is 0. The number of hydrogen-bond acceptors (Lipinski definition) is 4. The first-order valence-electron chi connectivity index (χ1n) is 10.1. The van der Waals surface area contributed by atoms with Gasteiger partial charge in [0.05, 0.1) is 0 Å². The molecule has 0 saturated heterocycles. The van der Waals surface area contributed by atoms with E-state index in [-0.39, 0.29) is 11.6 Å². The first kappa shape index (κ1) is 17.4. The molecule has 6 rings (SSSR count). The molecule has 5 heteroatoms. The van der Waals surface area contributed by atoms with Crippen LogP contribution in [0.15, 0.2) is 42.7 Å². The fourth-order valence-corrected chi connectivity index (χ4v) is 6.03. The van der Waals surface area contributed by atoms with Crippen molar-refractivity contribution in [3.8, 4) is 16.9 Å². The number of rotatable bonds is 4. The molecule has 0 radical (unpaired) electrons. The summed E-state index contributed by atoms with van der Waals surface area (Å²) in [6.07, 6.45) is 10.9. The van der Waals surface area contributed by atoms with Gasteiger partial charge in [-0.15, -0.1) is 0 Å². The molecule has 5 nitrogen and oxygen atoms in total. The first-order chi connectivity index (χ1) is 13.6. The molecule has 0 spiro atoms. The number of carbonyl (C=O) groups is 2. The molecule has 28 heavy (non-hydrogen) atoms. The van der Waals surface area contributed by atoms with Crippen LogP contribution in [-0.4, -0.2) is 22.9 Å². The zero-order chi connectivity index (χ0) is 19.1. The van der Waals surface area contributed by atoms with Crippen molar-refractivity contribution in [1.82, 2.24) is 10.3 Å². The van der Waals surface area contributed by atoms with Crippen LogP contribution in [0.4, 0.5) is 4.79 Å². The normalized spacial score (nSPS) is 30.1. The second kappa shape index (κ2) is 6.73. The van der Waals surface area contributed by atoms with Gasteiger partial charge in [-0.2, -0.15) is 0 Å². The molecule has 4 aliphatic rings. The fraction of sp³-hybridized carbons (Fsp3) is 0.435. The average molecular weight is 376 g/mol. The quantitative estimate of drug-likeness (QED) is 0.791. The van der Waals surface area contributed by atoms with E-state index < -0.39 is 0 Å². The number of nitrogens with zero attached hydrogens (tertiary/aromatic N) is 1. The molecule has 0 aliphatic heterocycles. The van der Waals surface area contributed by atoms with E-state index in [1.54, 1.807) is 18.3 Å². The van der Waals surface area contributed by atoms with E-state index >= 15 is 0 Å². The second-order valence-electron chi connectivity index (χ2n) is 8.87. The Kier molecular flexibility index (Phi) is 4.18. The summed E-state index contributed by atoms with van der Waals surface area (Å²) in [5.74, 6) is 2.81. The fourth-order valence-electron chi connectivity index (χ4n) is 6.03. The molecule has 4 bridgehead atoms. The molecule has 1 aromatic heterocycles. The predicted octanol–water partition coefficient (Wildman–Crippen LogP) is 4.62. The number of pyridine rings is 1. The minimum Gasteiger partial charge on any atom is -0.410 e. The van der Waals surface area contributed by atoms with Crippen molar-refractivity contribution in [1.29, 1.82) is 0 Å². The highest BCUT2D eigenvalue weighted by atomic mass is 16.6. The van der Waals surface area contributed by atoms with E-state index in [0.29, 0.717) is 11.3 Å². The Balaban J connectivity index is 1.30. The maximum absolute atomic E-state index is 12.7. The van der Waals surface area contributed by atoms with Crippen molar-refractivity contribution >= 4 is 12.4 Å². The van der Waals surface area contributed by atoms with Gasteiger partial charge >= 0.3 is 6.09 Å². The summed E-state index contributed by atoms with van der Waals surface area (Å²) in [5, 5.41) is 3.23. The maximum atomic E-state index is 12.7. The molecule has 2 aromatic rings. The number of aromatic nitrogens is 1. The zero-order valence-corrected chi connectivity index (χ0v) is 15.8. The van der Waals surface area contributed by atoms with E-state index in [2.05, 4.69) is 10.3 Å². The summed E-state index contributed by atoms with van der Waals surface area (Å²) < 4.78 is 5.63. The number of aldehydes is 1. The average Bonchev–Trinajstić information content (AvgIpc) is 2.66.